The molecule has 0 spiro atoms. The molecule has 1 atom stereocenters. The summed E-state index contributed by atoms with van der Waals surface area (Å²) < 4.78 is 25.0. The van der Waals surface area contributed by atoms with E-state index in [-0.39, 0.29) is 12.1 Å². The van der Waals surface area contributed by atoms with Crippen molar-refractivity contribution in [1.82, 2.24) is 14.5 Å². The molecule has 7 heteroatoms. The number of nitrogens with zero attached hydrogens (tertiary/aromatic N) is 2. The molecule has 0 aromatic rings. The third-order valence-electron chi connectivity index (χ3n) is 5.61. The van der Waals surface area contributed by atoms with E-state index >= 15 is 0 Å². The van der Waals surface area contributed by atoms with Gasteiger partial charge in [-0.1, -0.05) is 19.3 Å². The number of urea groups is 1. The maximum absolute atomic E-state index is 12.8. The smallest absolute Gasteiger partial charge is 0.317 e. The molecule has 2 saturated carbocycles. The zero-order valence-electron chi connectivity index (χ0n) is 14.7. The van der Waals surface area contributed by atoms with E-state index in [0.717, 1.165) is 32.2 Å². The second kappa shape index (κ2) is 7.60. The highest BCUT2D eigenvalue weighted by Crippen LogP contribution is 2.31. The fourth-order valence-corrected chi connectivity index (χ4v) is 4.96. The lowest BCUT2D eigenvalue weighted by Gasteiger charge is -2.34. The number of amides is 2. The summed E-state index contributed by atoms with van der Waals surface area (Å²) in [7, 11) is -3.17. The van der Waals surface area contributed by atoms with Crippen LogP contribution < -0.4 is 5.32 Å². The molecule has 6 nitrogen and oxygen atoms in total. The highest BCUT2D eigenvalue weighted by molar-refractivity contribution is 7.88. The van der Waals surface area contributed by atoms with Gasteiger partial charge in [0.2, 0.25) is 10.0 Å². The molecule has 3 aliphatic rings. The van der Waals surface area contributed by atoms with Crippen molar-refractivity contribution in [1.29, 1.82) is 0 Å². The molecule has 0 bridgehead atoms. The van der Waals surface area contributed by atoms with Crippen molar-refractivity contribution >= 4 is 16.1 Å². The lowest BCUT2D eigenvalue weighted by Crippen LogP contribution is -2.53. The van der Waals surface area contributed by atoms with E-state index in [4.69, 9.17) is 0 Å². The molecule has 0 radical (unpaired) electrons. The van der Waals surface area contributed by atoms with Crippen LogP contribution in [-0.2, 0) is 10.0 Å². The van der Waals surface area contributed by atoms with Gasteiger partial charge in [-0.25, -0.2) is 17.5 Å². The molecule has 3 rings (SSSR count). The summed E-state index contributed by atoms with van der Waals surface area (Å²) in [6, 6.07) is 0.360. The third kappa shape index (κ3) is 4.85. The number of sulfonamides is 1. The molecule has 2 aliphatic carbocycles. The minimum Gasteiger partial charge on any atom is -0.334 e. The van der Waals surface area contributed by atoms with Gasteiger partial charge in [0.25, 0.3) is 0 Å². The fraction of sp³-hybridized carbons (Fsp3) is 0.941. The molecular weight excluding hydrogens is 326 g/mol. The van der Waals surface area contributed by atoms with E-state index in [1.807, 2.05) is 4.90 Å². The summed E-state index contributed by atoms with van der Waals surface area (Å²) in [5.74, 6) is 0.643. The van der Waals surface area contributed by atoms with Crippen LogP contribution in [0.1, 0.15) is 57.8 Å². The monoisotopic (exact) mass is 357 g/mol. The van der Waals surface area contributed by atoms with Crippen LogP contribution in [0.25, 0.3) is 0 Å². The van der Waals surface area contributed by atoms with Crippen molar-refractivity contribution in [3.8, 4) is 0 Å². The first-order valence-corrected chi connectivity index (χ1v) is 11.3. The Morgan fingerprint density at radius 1 is 1.08 bits per heavy atom. The van der Waals surface area contributed by atoms with Gasteiger partial charge in [-0.2, -0.15) is 0 Å². The van der Waals surface area contributed by atoms with Crippen LogP contribution in [0, 0.1) is 5.92 Å². The van der Waals surface area contributed by atoms with Gasteiger partial charge in [0.15, 0.2) is 0 Å². The summed E-state index contributed by atoms with van der Waals surface area (Å²) in [5.41, 5.74) is 0. The molecule has 0 aromatic heterocycles. The van der Waals surface area contributed by atoms with Gasteiger partial charge in [-0.15, -0.1) is 0 Å². The Hall–Kier alpha value is -0.820. The fourth-order valence-electron chi connectivity index (χ4n) is 4.05. The van der Waals surface area contributed by atoms with Crippen molar-refractivity contribution in [2.75, 3.05) is 25.9 Å². The quantitative estimate of drug-likeness (QED) is 0.820. The Bertz CT molecular complexity index is 541. The first kappa shape index (κ1) is 18.0. The Morgan fingerprint density at radius 3 is 2.42 bits per heavy atom. The number of rotatable bonds is 5. The van der Waals surface area contributed by atoms with Gasteiger partial charge in [0, 0.05) is 31.7 Å². The number of carbonyl (C=O) groups excluding carboxylic acids is 1. The molecule has 138 valence electrons. The first-order valence-electron chi connectivity index (χ1n) is 9.46. The van der Waals surface area contributed by atoms with E-state index in [2.05, 4.69) is 5.32 Å². The molecule has 1 saturated heterocycles. The third-order valence-corrected chi connectivity index (χ3v) is 6.88. The van der Waals surface area contributed by atoms with Crippen molar-refractivity contribution in [3.63, 3.8) is 0 Å². The normalized spacial score (nSPS) is 27.0. The Kier molecular flexibility index (Phi) is 5.70. The number of nitrogens with one attached hydrogen (secondary N) is 1. The second-order valence-corrected chi connectivity index (χ2v) is 9.78. The van der Waals surface area contributed by atoms with Crippen molar-refractivity contribution < 1.29 is 13.2 Å². The van der Waals surface area contributed by atoms with Crippen LogP contribution in [0.2, 0.25) is 0 Å². The van der Waals surface area contributed by atoms with Gasteiger partial charge in [0.05, 0.1) is 6.26 Å². The van der Waals surface area contributed by atoms with Crippen LogP contribution in [0.3, 0.4) is 0 Å². The molecule has 1 unspecified atom stereocenters. The van der Waals surface area contributed by atoms with Gasteiger partial charge >= 0.3 is 6.03 Å². The number of hydrogen-bond acceptors (Lipinski definition) is 3. The van der Waals surface area contributed by atoms with Crippen LogP contribution in [0.15, 0.2) is 0 Å². The summed E-state index contributed by atoms with van der Waals surface area (Å²) in [5, 5.41) is 3.11. The topological polar surface area (TPSA) is 69.7 Å². The first-order chi connectivity index (χ1) is 11.4. The van der Waals surface area contributed by atoms with E-state index < -0.39 is 10.0 Å². The second-order valence-electron chi connectivity index (χ2n) is 7.80. The van der Waals surface area contributed by atoms with Crippen molar-refractivity contribution in [2.24, 2.45) is 5.92 Å². The molecule has 3 fully saturated rings. The number of piperidine rings is 1. The van der Waals surface area contributed by atoms with Gasteiger partial charge < -0.3 is 10.2 Å². The average molecular weight is 358 g/mol. The number of hydrogen-bond donors (Lipinski definition) is 1. The molecular formula is C17H31N3O3S. The minimum atomic E-state index is -3.17. The Balaban J connectivity index is 1.55. The van der Waals surface area contributed by atoms with Crippen molar-refractivity contribution in [2.45, 2.75) is 69.9 Å². The Labute approximate surface area is 146 Å². The minimum absolute atomic E-state index is 0.0171. The summed E-state index contributed by atoms with van der Waals surface area (Å²) in [6.45, 7) is 1.85. The number of carbonyl (C=O) groups is 1. The highest BCUT2D eigenvalue weighted by atomic mass is 32.2. The largest absolute Gasteiger partial charge is 0.334 e. The predicted octanol–water partition coefficient (Wildman–Crippen LogP) is 2.16. The van der Waals surface area contributed by atoms with Gasteiger partial charge in [0.1, 0.15) is 0 Å². The van der Waals surface area contributed by atoms with E-state index in [1.54, 1.807) is 0 Å². The van der Waals surface area contributed by atoms with E-state index in [0.29, 0.717) is 25.0 Å². The van der Waals surface area contributed by atoms with E-state index in [9.17, 15) is 13.2 Å². The molecule has 2 amide bonds. The molecule has 1 N–H and O–H groups in total. The van der Waals surface area contributed by atoms with Crippen LogP contribution >= 0.6 is 0 Å². The lowest BCUT2D eigenvalue weighted by molar-refractivity contribution is 0.165. The highest BCUT2D eigenvalue weighted by Gasteiger charge is 2.36. The maximum atomic E-state index is 12.8. The van der Waals surface area contributed by atoms with Crippen molar-refractivity contribution in [3.05, 3.63) is 0 Å². The predicted molar refractivity (Wildman–Crippen MR) is 94.3 cm³/mol. The zero-order valence-corrected chi connectivity index (χ0v) is 15.6. The molecule has 24 heavy (non-hydrogen) atoms. The standard InChI is InChI=1S/C17H31N3O3S/c1-24(22,23)19-11-5-8-15(13-19)18-17(21)20(16-9-10-16)12-14-6-3-2-4-7-14/h14-16H,2-13H2,1H3,(H,18,21). The maximum Gasteiger partial charge on any atom is 0.317 e. The lowest BCUT2D eigenvalue weighted by atomic mass is 9.89. The molecule has 1 heterocycles. The molecule has 1 aliphatic heterocycles. The molecule has 0 aromatic carbocycles. The van der Waals surface area contributed by atoms with Gasteiger partial charge in [-0.3, -0.25) is 0 Å². The summed E-state index contributed by atoms with van der Waals surface area (Å²) in [4.78, 5) is 14.8. The summed E-state index contributed by atoms with van der Waals surface area (Å²) in [6.07, 6.45) is 11.5. The zero-order chi connectivity index (χ0) is 17.2. The van der Waals surface area contributed by atoms with Crippen LogP contribution in [0.4, 0.5) is 4.79 Å². The van der Waals surface area contributed by atoms with Crippen LogP contribution in [-0.4, -0.2) is 61.6 Å². The van der Waals surface area contributed by atoms with Gasteiger partial charge in [-0.05, 0) is 44.4 Å². The SMILES string of the molecule is CS(=O)(=O)N1CCCC(NC(=O)N(CC2CCCCC2)C2CC2)C1. The van der Waals surface area contributed by atoms with Crippen LogP contribution in [0.5, 0.6) is 0 Å². The Morgan fingerprint density at radius 2 is 1.79 bits per heavy atom. The van der Waals surface area contributed by atoms with E-state index in [1.165, 1.54) is 42.7 Å². The summed E-state index contributed by atoms with van der Waals surface area (Å²) >= 11 is 0. The average Bonchev–Trinajstić information content (AvgIpc) is 3.38.